The van der Waals surface area contributed by atoms with E-state index in [0.29, 0.717) is 11.3 Å². The molecule has 0 heterocycles. The van der Waals surface area contributed by atoms with Crippen LogP contribution in [0.2, 0.25) is 0 Å². The van der Waals surface area contributed by atoms with Gasteiger partial charge in [-0.05, 0) is 25.1 Å². The highest BCUT2D eigenvalue weighted by atomic mass is 32.2. The van der Waals surface area contributed by atoms with Gasteiger partial charge in [0, 0.05) is 12.1 Å². The number of amides is 1. The molecule has 9 heteroatoms. The van der Waals surface area contributed by atoms with Crippen molar-refractivity contribution in [2.24, 2.45) is 0 Å². The maximum Gasteiger partial charge on any atom is 0.320 e. The smallest absolute Gasteiger partial charge is 0.320 e. The Balaban J connectivity index is 2.42. The fourth-order valence-electron chi connectivity index (χ4n) is 1.62. The molecule has 0 bridgehead atoms. The molecule has 1 aromatic rings. The van der Waals surface area contributed by atoms with E-state index in [1.165, 1.54) is 7.11 Å². The molecule has 0 saturated carbocycles. The third-order valence-corrected chi connectivity index (χ3v) is 4.06. The summed E-state index contributed by atoms with van der Waals surface area (Å²) in [6, 6.07) is 6.49. The van der Waals surface area contributed by atoms with Gasteiger partial charge < -0.3 is 14.8 Å². The first-order valence-corrected chi connectivity index (χ1v) is 8.58. The van der Waals surface area contributed by atoms with Crippen LogP contribution in [0, 0.1) is 0 Å². The van der Waals surface area contributed by atoms with Crippen molar-refractivity contribution in [1.82, 2.24) is 10.0 Å². The van der Waals surface area contributed by atoms with Crippen molar-refractivity contribution >= 4 is 21.9 Å². The Hall–Kier alpha value is -2.13. The Kier molecular flexibility index (Phi) is 7.49. The quantitative estimate of drug-likeness (QED) is 0.606. The van der Waals surface area contributed by atoms with Crippen LogP contribution in [-0.4, -0.2) is 52.9 Å². The summed E-state index contributed by atoms with van der Waals surface area (Å²) >= 11 is 0. The number of ether oxygens (including phenoxy) is 2. The van der Waals surface area contributed by atoms with Crippen LogP contribution in [0.3, 0.4) is 0 Å². The van der Waals surface area contributed by atoms with Gasteiger partial charge in [-0.1, -0.05) is 6.07 Å². The normalized spacial score (nSPS) is 10.9. The molecule has 0 atom stereocenters. The van der Waals surface area contributed by atoms with E-state index in [1.807, 2.05) is 0 Å². The summed E-state index contributed by atoms with van der Waals surface area (Å²) in [6.45, 7) is 1.28. The minimum Gasteiger partial charge on any atom is -0.497 e. The summed E-state index contributed by atoms with van der Waals surface area (Å²) in [4.78, 5) is 23.0. The van der Waals surface area contributed by atoms with Crippen molar-refractivity contribution in [2.45, 2.75) is 6.92 Å². The summed E-state index contributed by atoms with van der Waals surface area (Å²) in [5.74, 6) is -0.885. The van der Waals surface area contributed by atoms with Crippen molar-refractivity contribution in [3.63, 3.8) is 0 Å². The molecular weight excluding hydrogens is 324 g/mol. The van der Waals surface area contributed by atoms with Crippen LogP contribution < -0.4 is 14.8 Å². The van der Waals surface area contributed by atoms with E-state index in [-0.39, 0.29) is 18.9 Å². The molecule has 8 nitrogen and oxygen atoms in total. The molecule has 128 valence electrons. The van der Waals surface area contributed by atoms with Gasteiger partial charge >= 0.3 is 5.97 Å². The highest BCUT2D eigenvalue weighted by Gasteiger charge is 2.14. The number of nitrogens with one attached hydrogen (secondary N) is 2. The topological polar surface area (TPSA) is 111 Å². The van der Waals surface area contributed by atoms with Gasteiger partial charge in [0.2, 0.25) is 10.0 Å². The number of esters is 1. The predicted octanol–water partition coefficient (Wildman–Crippen LogP) is -0.0925. The third-order valence-electron chi connectivity index (χ3n) is 2.73. The highest BCUT2D eigenvalue weighted by Crippen LogP contribution is 2.12. The molecule has 0 aliphatic carbocycles. The van der Waals surface area contributed by atoms with Gasteiger partial charge in [0.1, 0.15) is 12.3 Å². The minimum absolute atomic E-state index is 0.0891. The van der Waals surface area contributed by atoms with Gasteiger partial charge in [-0.3, -0.25) is 9.59 Å². The molecular formula is C14H20N2O6S. The summed E-state index contributed by atoms with van der Waals surface area (Å²) in [5.41, 5.74) is 0.362. The van der Waals surface area contributed by atoms with Crippen molar-refractivity contribution in [1.29, 1.82) is 0 Å². The predicted molar refractivity (Wildman–Crippen MR) is 83.7 cm³/mol. The Bertz CT molecular complexity index is 644. The first-order valence-electron chi connectivity index (χ1n) is 6.93. The van der Waals surface area contributed by atoms with Crippen LogP contribution in [0.1, 0.15) is 17.3 Å². The van der Waals surface area contributed by atoms with Crippen LogP contribution >= 0.6 is 0 Å². The van der Waals surface area contributed by atoms with E-state index in [0.717, 1.165) is 0 Å². The van der Waals surface area contributed by atoms with Crippen molar-refractivity contribution < 1.29 is 27.5 Å². The number of hydrogen-bond acceptors (Lipinski definition) is 6. The highest BCUT2D eigenvalue weighted by molar-refractivity contribution is 7.89. The van der Waals surface area contributed by atoms with Crippen molar-refractivity contribution in [3.05, 3.63) is 29.8 Å². The number of carbonyl (C=O) groups excluding carboxylic acids is 2. The molecule has 1 amide bonds. The minimum atomic E-state index is -3.68. The first-order chi connectivity index (χ1) is 10.9. The summed E-state index contributed by atoms with van der Waals surface area (Å²) < 4.78 is 35.1. The number of sulfonamides is 1. The lowest BCUT2D eigenvalue weighted by Gasteiger charge is -2.08. The molecule has 2 N–H and O–H groups in total. The SMILES string of the molecule is CCOC(=O)CNS(=O)(=O)CCNC(=O)c1cccc(OC)c1. The zero-order chi connectivity index (χ0) is 17.3. The maximum absolute atomic E-state index is 11.9. The first kappa shape index (κ1) is 18.9. The average Bonchev–Trinajstić information content (AvgIpc) is 2.53. The molecule has 0 aliphatic rings. The largest absolute Gasteiger partial charge is 0.497 e. The molecule has 0 aromatic heterocycles. The Morgan fingerprint density at radius 2 is 2.00 bits per heavy atom. The van der Waals surface area contributed by atoms with Gasteiger partial charge in [-0.2, -0.15) is 0 Å². The second-order valence-corrected chi connectivity index (χ2v) is 6.36. The molecule has 0 radical (unpaired) electrons. The molecule has 0 fully saturated rings. The number of methoxy groups -OCH3 is 1. The summed E-state index contributed by atoms with van der Waals surface area (Å²) in [5, 5.41) is 2.49. The number of rotatable bonds is 9. The van der Waals surface area contributed by atoms with Crippen molar-refractivity contribution in [2.75, 3.05) is 32.6 Å². The van der Waals surface area contributed by atoms with Crippen LogP contribution in [-0.2, 0) is 19.6 Å². The fraction of sp³-hybridized carbons (Fsp3) is 0.429. The molecule has 0 aliphatic heterocycles. The van der Waals surface area contributed by atoms with Gasteiger partial charge in [0.15, 0.2) is 0 Å². The van der Waals surface area contributed by atoms with E-state index in [9.17, 15) is 18.0 Å². The standard InChI is InChI=1S/C14H20N2O6S/c1-3-22-13(17)10-16-23(19,20)8-7-15-14(18)11-5-4-6-12(9-11)21-2/h4-6,9,16H,3,7-8,10H2,1-2H3,(H,15,18). The van der Waals surface area contributed by atoms with Gasteiger partial charge in [0.05, 0.1) is 19.5 Å². The molecule has 1 rings (SSSR count). The van der Waals surface area contributed by atoms with Crippen LogP contribution in [0.4, 0.5) is 0 Å². The second-order valence-electron chi connectivity index (χ2n) is 4.43. The fourth-order valence-corrected chi connectivity index (χ4v) is 2.47. The molecule has 0 unspecified atom stereocenters. The summed E-state index contributed by atoms with van der Waals surface area (Å²) in [7, 11) is -2.19. The number of carbonyl (C=O) groups is 2. The molecule has 23 heavy (non-hydrogen) atoms. The third kappa shape index (κ3) is 7.11. The second kappa shape index (κ2) is 9.11. The Morgan fingerprint density at radius 3 is 2.65 bits per heavy atom. The molecule has 0 spiro atoms. The van der Waals surface area contributed by atoms with Crippen molar-refractivity contribution in [3.8, 4) is 5.75 Å². The van der Waals surface area contributed by atoms with E-state index in [4.69, 9.17) is 4.74 Å². The maximum atomic E-state index is 11.9. The Labute approximate surface area is 135 Å². The van der Waals surface area contributed by atoms with Gasteiger partial charge in [-0.15, -0.1) is 0 Å². The average molecular weight is 344 g/mol. The van der Waals surface area contributed by atoms with E-state index >= 15 is 0 Å². The van der Waals surface area contributed by atoms with E-state index in [1.54, 1.807) is 31.2 Å². The van der Waals surface area contributed by atoms with Crippen LogP contribution in [0.15, 0.2) is 24.3 Å². The molecule has 1 aromatic carbocycles. The lowest BCUT2D eigenvalue weighted by atomic mass is 10.2. The van der Waals surface area contributed by atoms with Gasteiger partial charge in [-0.25, -0.2) is 13.1 Å². The zero-order valence-corrected chi connectivity index (χ0v) is 13.8. The van der Waals surface area contributed by atoms with E-state index < -0.39 is 28.4 Å². The van der Waals surface area contributed by atoms with Crippen LogP contribution in [0.25, 0.3) is 0 Å². The molecule has 0 saturated heterocycles. The Morgan fingerprint density at radius 1 is 1.26 bits per heavy atom. The lowest BCUT2D eigenvalue weighted by molar-refractivity contribution is -0.141. The van der Waals surface area contributed by atoms with E-state index in [2.05, 4.69) is 14.8 Å². The van der Waals surface area contributed by atoms with Crippen LogP contribution in [0.5, 0.6) is 5.75 Å². The zero-order valence-electron chi connectivity index (χ0n) is 13.0. The lowest BCUT2D eigenvalue weighted by Crippen LogP contribution is -2.37. The number of hydrogen-bond donors (Lipinski definition) is 2. The number of benzene rings is 1. The summed E-state index contributed by atoms with van der Waals surface area (Å²) in [6.07, 6.45) is 0. The van der Waals surface area contributed by atoms with Gasteiger partial charge in [0.25, 0.3) is 5.91 Å². The monoisotopic (exact) mass is 344 g/mol.